The highest BCUT2D eigenvalue weighted by molar-refractivity contribution is 7.89. The number of carbonyl (C=O) groups excluding carboxylic acids is 1. The minimum Gasteiger partial charge on any atom is -0.378 e. The summed E-state index contributed by atoms with van der Waals surface area (Å²) >= 11 is 0. The van der Waals surface area contributed by atoms with Crippen LogP contribution in [-0.4, -0.2) is 33.6 Å². The summed E-state index contributed by atoms with van der Waals surface area (Å²) in [4.78, 5) is 13.6. The van der Waals surface area contributed by atoms with Crippen molar-refractivity contribution in [1.82, 2.24) is 9.88 Å². The normalized spacial score (nSPS) is 11.7. The first-order valence-electron chi connectivity index (χ1n) is 10.4. The lowest BCUT2D eigenvalue weighted by atomic mass is 10.1. The Morgan fingerprint density at radius 3 is 2.42 bits per heavy atom. The van der Waals surface area contributed by atoms with Crippen LogP contribution in [0.1, 0.15) is 35.1 Å². The second-order valence-electron chi connectivity index (χ2n) is 7.93. The average Bonchev–Trinajstić information content (AvgIpc) is 3.10. The average molecular weight is 469 g/mol. The van der Waals surface area contributed by atoms with E-state index < -0.39 is 10.0 Å². The fraction of sp³-hybridized carbons (Fsp3) is 0.250. The minimum absolute atomic E-state index is 0.187. The van der Waals surface area contributed by atoms with Crippen LogP contribution in [0.2, 0.25) is 0 Å². The van der Waals surface area contributed by atoms with E-state index in [1.807, 2.05) is 49.3 Å². The molecule has 0 bridgehead atoms. The summed E-state index contributed by atoms with van der Waals surface area (Å²) in [5.74, 6) is 0.147. The van der Waals surface area contributed by atoms with Gasteiger partial charge in [-0.1, -0.05) is 35.5 Å². The van der Waals surface area contributed by atoms with Crippen LogP contribution in [0.15, 0.2) is 51.9 Å². The molecule has 1 aromatic heterocycles. The predicted octanol–water partition coefficient (Wildman–Crippen LogP) is 3.96. The molecule has 0 atom stereocenters. The third kappa shape index (κ3) is 6.09. The molecule has 2 aromatic carbocycles. The molecule has 0 saturated heterocycles. The first kappa shape index (κ1) is 24.2. The summed E-state index contributed by atoms with van der Waals surface area (Å²) < 4.78 is 33.9. The zero-order valence-corrected chi connectivity index (χ0v) is 20.2. The van der Waals surface area contributed by atoms with Crippen molar-refractivity contribution in [3.63, 3.8) is 0 Å². The number of rotatable bonds is 8. The van der Waals surface area contributed by atoms with Crippen molar-refractivity contribution in [1.29, 1.82) is 0 Å². The van der Waals surface area contributed by atoms with Gasteiger partial charge in [0.1, 0.15) is 11.4 Å². The molecule has 33 heavy (non-hydrogen) atoms. The Morgan fingerprint density at radius 2 is 1.79 bits per heavy atom. The standard InChI is InChI=1S/C24H28N4O4S/c1-16-6-7-19(10-13-22-24(26-18(3)29)17(2)27-32-22)14-23(16)33(30,31)25-15-20-8-11-21(12-9-20)28(4)5/h6-14,25H,15H2,1-5H3,(H,26,29)/b13-10-. The van der Waals surface area contributed by atoms with Gasteiger partial charge in [-0.05, 0) is 54.8 Å². The maximum atomic E-state index is 13.0. The molecule has 1 amide bonds. The van der Waals surface area contributed by atoms with E-state index in [-0.39, 0.29) is 17.3 Å². The zero-order chi connectivity index (χ0) is 24.2. The molecule has 1 heterocycles. The number of nitrogens with one attached hydrogen (secondary N) is 2. The smallest absolute Gasteiger partial charge is 0.241 e. The van der Waals surface area contributed by atoms with Crippen molar-refractivity contribution in [2.45, 2.75) is 32.2 Å². The van der Waals surface area contributed by atoms with Crippen LogP contribution in [0.4, 0.5) is 11.4 Å². The maximum absolute atomic E-state index is 13.0. The topological polar surface area (TPSA) is 105 Å². The molecule has 0 aliphatic rings. The van der Waals surface area contributed by atoms with E-state index in [0.29, 0.717) is 28.3 Å². The van der Waals surface area contributed by atoms with E-state index in [1.165, 1.54) is 6.92 Å². The number of sulfonamides is 1. The number of aryl methyl sites for hydroxylation is 2. The largest absolute Gasteiger partial charge is 0.378 e. The fourth-order valence-corrected chi connectivity index (χ4v) is 4.47. The van der Waals surface area contributed by atoms with Crippen molar-refractivity contribution in [3.05, 3.63) is 70.6 Å². The van der Waals surface area contributed by atoms with Crippen molar-refractivity contribution in [2.24, 2.45) is 0 Å². The number of anilines is 2. The van der Waals surface area contributed by atoms with Gasteiger partial charge in [0.15, 0.2) is 5.76 Å². The van der Waals surface area contributed by atoms with Gasteiger partial charge in [0.05, 0.1) is 4.90 Å². The molecule has 174 valence electrons. The molecular formula is C24H28N4O4S. The minimum atomic E-state index is -3.73. The molecule has 0 saturated carbocycles. The van der Waals surface area contributed by atoms with Gasteiger partial charge in [-0.25, -0.2) is 13.1 Å². The molecular weight excluding hydrogens is 440 g/mol. The van der Waals surface area contributed by atoms with Gasteiger partial charge in [-0.15, -0.1) is 0 Å². The van der Waals surface area contributed by atoms with Crippen molar-refractivity contribution < 1.29 is 17.7 Å². The van der Waals surface area contributed by atoms with Gasteiger partial charge in [0.25, 0.3) is 0 Å². The SMILES string of the molecule is CC(=O)Nc1c(C)noc1/C=C\c1ccc(C)c(S(=O)(=O)NCc2ccc(N(C)C)cc2)c1. The van der Waals surface area contributed by atoms with E-state index in [2.05, 4.69) is 15.2 Å². The summed E-state index contributed by atoms with van der Waals surface area (Å²) in [5.41, 5.74) is 4.25. The lowest BCUT2D eigenvalue weighted by Crippen LogP contribution is -2.24. The van der Waals surface area contributed by atoms with E-state index in [4.69, 9.17) is 4.52 Å². The zero-order valence-electron chi connectivity index (χ0n) is 19.3. The Labute approximate surface area is 194 Å². The molecule has 0 radical (unpaired) electrons. The van der Waals surface area contributed by atoms with Crippen LogP contribution >= 0.6 is 0 Å². The van der Waals surface area contributed by atoms with Gasteiger partial charge in [-0.3, -0.25) is 4.79 Å². The number of nitrogens with zero attached hydrogens (tertiary/aromatic N) is 2. The number of aromatic nitrogens is 1. The highest BCUT2D eigenvalue weighted by Gasteiger charge is 2.17. The number of carbonyl (C=O) groups is 1. The Kier molecular flexibility index (Phi) is 7.35. The second-order valence-corrected chi connectivity index (χ2v) is 9.67. The molecule has 3 rings (SSSR count). The van der Waals surface area contributed by atoms with Crippen LogP contribution < -0.4 is 14.9 Å². The molecule has 9 heteroatoms. The third-order valence-corrected chi connectivity index (χ3v) is 6.58. The number of hydrogen-bond donors (Lipinski definition) is 2. The Bertz CT molecular complexity index is 1280. The highest BCUT2D eigenvalue weighted by atomic mass is 32.2. The van der Waals surface area contributed by atoms with E-state index in [1.54, 1.807) is 38.1 Å². The van der Waals surface area contributed by atoms with Crippen molar-refractivity contribution in [3.8, 4) is 0 Å². The summed E-state index contributed by atoms with van der Waals surface area (Å²) in [6.45, 7) is 5.07. The molecule has 0 fully saturated rings. The van der Waals surface area contributed by atoms with Crippen LogP contribution in [-0.2, 0) is 21.4 Å². The van der Waals surface area contributed by atoms with E-state index in [0.717, 1.165) is 11.3 Å². The lowest BCUT2D eigenvalue weighted by molar-refractivity contribution is -0.114. The van der Waals surface area contributed by atoms with Crippen LogP contribution in [0, 0.1) is 13.8 Å². The van der Waals surface area contributed by atoms with Gasteiger partial charge >= 0.3 is 0 Å². The molecule has 0 unspecified atom stereocenters. The summed E-state index contributed by atoms with van der Waals surface area (Å²) in [6, 6.07) is 12.9. The third-order valence-electron chi connectivity index (χ3n) is 5.04. The quantitative estimate of drug-likeness (QED) is 0.518. The highest BCUT2D eigenvalue weighted by Crippen LogP contribution is 2.24. The Morgan fingerprint density at radius 1 is 1.09 bits per heavy atom. The summed E-state index contributed by atoms with van der Waals surface area (Å²) in [6.07, 6.45) is 3.36. The van der Waals surface area contributed by atoms with Crippen molar-refractivity contribution in [2.75, 3.05) is 24.3 Å². The first-order valence-corrected chi connectivity index (χ1v) is 11.8. The lowest BCUT2D eigenvalue weighted by Gasteiger charge is -2.13. The summed E-state index contributed by atoms with van der Waals surface area (Å²) in [7, 11) is 0.173. The maximum Gasteiger partial charge on any atom is 0.241 e. The van der Waals surface area contributed by atoms with Gasteiger partial charge in [0, 0.05) is 33.3 Å². The van der Waals surface area contributed by atoms with E-state index in [9.17, 15) is 13.2 Å². The number of benzene rings is 2. The van der Waals surface area contributed by atoms with Gasteiger partial charge < -0.3 is 14.7 Å². The fourth-order valence-electron chi connectivity index (χ4n) is 3.18. The molecule has 3 aromatic rings. The number of amides is 1. The molecule has 0 aliphatic heterocycles. The molecule has 0 aliphatic carbocycles. The van der Waals surface area contributed by atoms with Crippen LogP contribution in [0.25, 0.3) is 12.2 Å². The Hall–Kier alpha value is -3.43. The van der Waals surface area contributed by atoms with Crippen LogP contribution in [0.3, 0.4) is 0 Å². The predicted molar refractivity (Wildman–Crippen MR) is 130 cm³/mol. The monoisotopic (exact) mass is 468 g/mol. The number of hydrogen-bond acceptors (Lipinski definition) is 6. The second kappa shape index (κ2) is 10.0. The molecule has 2 N–H and O–H groups in total. The Balaban J connectivity index is 1.79. The first-order chi connectivity index (χ1) is 15.6. The molecule has 0 spiro atoms. The summed E-state index contributed by atoms with van der Waals surface area (Å²) in [5, 5.41) is 6.56. The van der Waals surface area contributed by atoms with Crippen LogP contribution in [0.5, 0.6) is 0 Å². The molecule has 8 nitrogen and oxygen atoms in total. The van der Waals surface area contributed by atoms with Crippen molar-refractivity contribution >= 4 is 39.5 Å². The van der Waals surface area contributed by atoms with Gasteiger partial charge in [0.2, 0.25) is 15.9 Å². The van der Waals surface area contributed by atoms with Gasteiger partial charge in [-0.2, -0.15) is 0 Å². The van der Waals surface area contributed by atoms with E-state index >= 15 is 0 Å².